The fourth-order valence-electron chi connectivity index (χ4n) is 2.74. The van der Waals surface area contributed by atoms with Gasteiger partial charge in [-0.2, -0.15) is 0 Å². The molecule has 26 heavy (non-hydrogen) atoms. The van der Waals surface area contributed by atoms with E-state index in [9.17, 15) is 0 Å². The Morgan fingerprint density at radius 3 is 2.19 bits per heavy atom. The molecule has 5 nitrogen and oxygen atoms in total. The molecule has 2 N–H and O–H groups in total. The third-order valence-electron chi connectivity index (χ3n) is 3.82. The van der Waals surface area contributed by atoms with Crippen molar-refractivity contribution in [3.8, 4) is 0 Å². The first-order valence-corrected chi connectivity index (χ1v) is 8.36. The summed E-state index contributed by atoms with van der Waals surface area (Å²) in [6.07, 6.45) is 6.91. The summed E-state index contributed by atoms with van der Waals surface area (Å²) < 4.78 is 16.2. The molecule has 2 aliphatic rings. The molecule has 0 amide bonds. The summed E-state index contributed by atoms with van der Waals surface area (Å²) in [5, 5.41) is 0. The summed E-state index contributed by atoms with van der Waals surface area (Å²) >= 11 is 1.06. The van der Waals surface area contributed by atoms with Crippen molar-refractivity contribution in [1.82, 2.24) is 19.9 Å². The molecule has 0 saturated heterocycles. The molecule has 0 spiro atoms. The first-order valence-electron chi connectivity index (χ1n) is 8.29. The number of hydrogen-bond acceptors (Lipinski definition) is 3. The predicted octanol–water partition coefficient (Wildman–Crippen LogP) is 4.03. The number of nitrogens with one attached hydrogen (secondary N) is 2. The number of aromatic amines is 2. The summed E-state index contributed by atoms with van der Waals surface area (Å²) in [7, 11) is 0. The Morgan fingerprint density at radius 1 is 0.846 bits per heavy atom. The van der Waals surface area contributed by atoms with Crippen molar-refractivity contribution in [3.05, 3.63) is 77.4 Å². The third-order valence-corrected chi connectivity index (χ3v) is 3.82. The second-order valence-corrected chi connectivity index (χ2v) is 5.64. The normalized spacial score (nSPS) is 12.8. The van der Waals surface area contributed by atoms with E-state index >= 15 is 0 Å². The first kappa shape index (κ1) is 15.3. The fourth-order valence-corrected chi connectivity index (χ4v) is 2.74. The van der Waals surface area contributed by atoms with E-state index in [1.165, 1.54) is 0 Å². The predicted molar refractivity (Wildman–Crippen MR) is 96.3 cm³/mol. The maximum absolute atomic E-state index is 8.19. The van der Waals surface area contributed by atoms with E-state index in [4.69, 9.17) is 5.04 Å². The van der Waals surface area contributed by atoms with Crippen LogP contribution in [-0.2, 0) is 21.0 Å². The van der Waals surface area contributed by atoms with Crippen molar-refractivity contribution in [3.63, 3.8) is 0 Å². The van der Waals surface area contributed by atoms with E-state index in [2.05, 4.69) is 32.1 Å². The van der Waals surface area contributed by atoms with Crippen LogP contribution in [0, 0.1) is 12.1 Å². The standard InChI is InChI=1S/C20H12N4.O.V/c1-2-14-10-16-5-6-18(23-16)12-20-8-7-19(24-20)11-17-4-3-15(22-17)9-13(1)21-14;;/h1-7,9-11,22-23H;;/q-2;;+2/i7D;;. The molecular formula is C20H12N4OV. The Bertz CT molecular complexity index is 1240. The molecule has 0 atom stereocenters. The van der Waals surface area contributed by atoms with E-state index < -0.39 is 0 Å². The van der Waals surface area contributed by atoms with Crippen molar-refractivity contribution in [2.45, 2.75) is 0 Å². The van der Waals surface area contributed by atoms with E-state index in [-0.39, 0.29) is 6.05 Å². The summed E-state index contributed by atoms with van der Waals surface area (Å²) in [6, 6.07) is 17.0. The van der Waals surface area contributed by atoms with Gasteiger partial charge in [0, 0.05) is 17.9 Å². The monoisotopic (exact) mass is 376 g/mol. The van der Waals surface area contributed by atoms with Gasteiger partial charge in [0.05, 0.1) is 11.4 Å². The van der Waals surface area contributed by atoms with E-state index in [1.807, 2.05) is 54.6 Å². The van der Waals surface area contributed by atoms with Crippen molar-refractivity contribution >= 4 is 40.3 Å². The van der Waals surface area contributed by atoms with Gasteiger partial charge >= 0.3 is 21.0 Å². The SMILES string of the molecule is [2H]C1=[C-]c2[c-]c3ccc(cc4nc(cc5ccc(cc1n2)[nH]5)C=C4)[nH]3.[O]=[V+2]. The molecule has 5 rings (SSSR count). The van der Waals surface area contributed by atoms with Crippen molar-refractivity contribution in [2.24, 2.45) is 0 Å². The Kier molecular flexibility index (Phi) is 4.15. The minimum absolute atomic E-state index is 0.257. The second kappa shape index (κ2) is 7.08. The van der Waals surface area contributed by atoms with Gasteiger partial charge in [-0.25, -0.2) is 10.7 Å². The number of fused-ring (bicyclic) bond motifs is 8. The number of hydrogen-bond donors (Lipinski definition) is 2. The average molecular weight is 376 g/mol. The molecule has 5 heterocycles. The summed E-state index contributed by atoms with van der Waals surface area (Å²) in [4.78, 5) is 15.6. The van der Waals surface area contributed by atoms with Gasteiger partial charge < -0.3 is 21.0 Å². The van der Waals surface area contributed by atoms with Crippen LogP contribution in [0.4, 0.5) is 0 Å². The van der Waals surface area contributed by atoms with Crippen LogP contribution in [-0.4, -0.2) is 19.9 Å². The quantitative estimate of drug-likeness (QED) is 0.455. The van der Waals surface area contributed by atoms with Crippen LogP contribution in [0.15, 0.2) is 42.5 Å². The van der Waals surface area contributed by atoms with Gasteiger partial charge in [0.15, 0.2) is 0 Å². The molecule has 0 aromatic carbocycles. The van der Waals surface area contributed by atoms with E-state index in [1.54, 1.807) is 0 Å². The minimum atomic E-state index is 0.257. The number of H-pyrrole nitrogens is 2. The zero-order valence-corrected chi connectivity index (χ0v) is 14.8. The van der Waals surface area contributed by atoms with Crippen molar-refractivity contribution in [1.29, 1.82) is 0 Å². The van der Waals surface area contributed by atoms with Crippen molar-refractivity contribution in [2.75, 3.05) is 0 Å². The molecule has 0 unspecified atom stereocenters. The molecule has 8 bridgehead atoms. The molecular weight excluding hydrogens is 363 g/mol. The molecule has 3 aromatic rings. The second-order valence-electron chi connectivity index (χ2n) is 5.64. The number of rotatable bonds is 0. The van der Waals surface area contributed by atoms with E-state index in [0.717, 1.165) is 50.8 Å². The number of nitrogens with zero attached hydrogens (tertiary/aromatic N) is 2. The Balaban J connectivity index is 0.000000872. The van der Waals surface area contributed by atoms with E-state index in [0.29, 0.717) is 11.4 Å². The molecule has 0 fully saturated rings. The van der Waals surface area contributed by atoms with Crippen LogP contribution < -0.4 is 0 Å². The maximum atomic E-state index is 8.19. The van der Waals surface area contributed by atoms with Gasteiger partial charge in [-0.1, -0.05) is 11.6 Å². The van der Waals surface area contributed by atoms with Crippen LogP contribution in [0.3, 0.4) is 0 Å². The first-order chi connectivity index (χ1) is 13.2. The molecule has 0 saturated carbocycles. The van der Waals surface area contributed by atoms with Gasteiger partial charge in [-0.05, 0) is 42.5 Å². The van der Waals surface area contributed by atoms with Crippen LogP contribution in [0.2, 0.25) is 0 Å². The van der Waals surface area contributed by atoms with Gasteiger partial charge in [-0.15, -0.1) is 11.8 Å². The molecule has 0 aliphatic carbocycles. The van der Waals surface area contributed by atoms with Gasteiger partial charge in [0.2, 0.25) is 0 Å². The summed E-state index contributed by atoms with van der Waals surface area (Å²) in [6.45, 7) is 0. The van der Waals surface area contributed by atoms with Crippen LogP contribution in [0.1, 0.15) is 24.1 Å². The van der Waals surface area contributed by atoms with Crippen LogP contribution >= 0.6 is 0 Å². The van der Waals surface area contributed by atoms with Crippen LogP contribution in [0.25, 0.3) is 40.3 Å². The topological polar surface area (TPSA) is 74.4 Å². The number of aromatic nitrogens is 4. The van der Waals surface area contributed by atoms with Gasteiger partial charge in [0.25, 0.3) is 0 Å². The fraction of sp³-hybridized carbons (Fsp3) is 0. The molecule has 3 aromatic heterocycles. The third kappa shape index (κ3) is 3.49. The zero-order valence-electron chi connectivity index (χ0n) is 14.4. The Labute approximate surface area is 160 Å². The molecule has 123 valence electrons. The van der Waals surface area contributed by atoms with Crippen molar-refractivity contribution < 1.29 is 22.4 Å². The molecule has 0 radical (unpaired) electrons. The van der Waals surface area contributed by atoms with Gasteiger partial charge in [-0.3, -0.25) is 12.1 Å². The molecule has 2 aliphatic heterocycles. The molecule has 6 heteroatoms. The Hall–Kier alpha value is -3.02. The summed E-state index contributed by atoms with van der Waals surface area (Å²) in [5.41, 5.74) is 6.42. The zero-order chi connectivity index (χ0) is 18.8. The average Bonchev–Trinajstić information content (AvgIpc) is 3.43. The van der Waals surface area contributed by atoms with Crippen LogP contribution in [0.5, 0.6) is 0 Å². The summed E-state index contributed by atoms with van der Waals surface area (Å²) in [5.74, 6) is 0. The Morgan fingerprint density at radius 2 is 1.46 bits per heavy atom. The van der Waals surface area contributed by atoms with Gasteiger partial charge in [0.1, 0.15) is 0 Å².